The van der Waals surface area contributed by atoms with Gasteiger partial charge in [0, 0.05) is 4.88 Å². The second kappa shape index (κ2) is 8.62. The van der Waals surface area contributed by atoms with E-state index >= 15 is 0 Å². The molecule has 1 saturated heterocycles. The Balaban J connectivity index is 1.54. The first kappa shape index (κ1) is 23.0. The molecular weight excluding hydrogens is 442 g/mol. The fourth-order valence-corrected chi connectivity index (χ4v) is 5.80. The van der Waals surface area contributed by atoms with Crippen molar-refractivity contribution in [2.75, 3.05) is 19.0 Å². The number of fused-ring (bicyclic) bond motifs is 1. The van der Waals surface area contributed by atoms with Crippen molar-refractivity contribution in [2.24, 2.45) is 5.92 Å². The van der Waals surface area contributed by atoms with Crippen molar-refractivity contribution in [3.8, 4) is 0 Å². The van der Waals surface area contributed by atoms with Crippen LogP contribution < -0.4 is 10.6 Å². The molecule has 8 nitrogen and oxygen atoms in total. The predicted octanol–water partition coefficient (Wildman–Crippen LogP) is 3.37. The number of hydrogen-bond acceptors (Lipinski definition) is 6. The van der Waals surface area contributed by atoms with Crippen LogP contribution in [0.5, 0.6) is 0 Å². The minimum absolute atomic E-state index is 0.374. The Hall–Kier alpha value is -3.20. The first-order chi connectivity index (χ1) is 15.6. The Morgan fingerprint density at radius 2 is 1.97 bits per heavy atom. The van der Waals surface area contributed by atoms with Gasteiger partial charge in [-0.05, 0) is 50.2 Å². The van der Waals surface area contributed by atoms with Crippen molar-refractivity contribution in [2.45, 2.75) is 45.6 Å². The molecule has 2 N–H and O–H groups in total. The third-order valence-corrected chi connectivity index (χ3v) is 7.53. The van der Waals surface area contributed by atoms with Gasteiger partial charge in [-0.2, -0.15) is 0 Å². The molecule has 33 heavy (non-hydrogen) atoms. The van der Waals surface area contributed by atoms with Crippen LogP contribution in [0.1, 0.15) is 52.2 Å². The molecule has 2 atom stereocenters. The highest BCUT2D eigenvalue weighted by molar-refractivity contribution is 7.17. The zero-order valence-electron chi connectivity index (χ0n) is 19.1. The Morgan fingerprint density at radius 1 is 1.27 bits per heavy atom. The lowest BCUT2D eigenvalue weighted by molar-refractivity contribution is -0.133. The number of imide groups is 1. The smallest absolute Gasteiger partial charge is 0.341 e. The number of rotatable bonds is 5. The number of ether oxygens (including phenoxy) is 1. The number of anilines is 1. The second-order valence-electron chi connectivity index (χ2n) is 8.91. The summed E-state index contributed by atoms with van der Waals surface area (Å²) in [5.74, 6) is -1.06. The number of amides is 4. The van der Waals surface area contributed by atoms with E-state index in [9.17, 15) is 19.2 Å². The summed E-state index contributed by atoms with van der Waals surface area (Å²) in [5, 5.41) is 5.85. The number of thiophene rings is 1. The lowest BCUT2D eigenvalue weighted by Gasteiger charge is -2.22. The molecule has 2 aliphatic rings. The molecule has 2 heterocycles. The van der Waals surface area contributed by atoms with E-state index < -0.39 is 35.9 Å². The van der Waals surface area contributed by atoms with E-state index in [0.29, 0.717) is 22.0 Å². The van der Waals surface area contributed by atoms with Crippen LogP contribution in [0.2, 0.25) is 0 Å². The number of aryl methyl sites for hydroxylation is 1. The van der Waals surface area contributed by atoms with Crippen LogP contribution in [-0.2, 0) is 32.7 Å². The van der Waals surface area contributed by atoms with Crippen LogP contribution in [0.25, 0.3) is 0 Å². The highest BCUT2D eigenvalue weighted by Crippen LogP contribution is 2.40. The third-order valence-electron chi connectivity index (χ3n) is 6.36. The van der Waals surface area contributed by atoms with Gasteiger partial charge >= 0.3 is 12.0 Å². The minimum Gasteiger partial charge on any atom is -0.465 e. The summed E-state index contributed by atoms with van der Waals surface area (Å²) in [6.45, 7) is 5.26. The van der Waals surface area contributed by atoms with Crippen LogP contribution in [0, 0.1) is 12.8 Å². The molecule has 4 amide bonds. The monoisotopic (exact) mass is 469 g/mol. The van der Waals surface area contributed by atoms with Gasteiger partial charge in [-0.25, -0.2) is 9.59 Å². The summed E-state index contributed by atoms with van der Waals surface area (Å²) in [6.07, 6.45) is 2.54. The SMILES string of the molecule is COC(=O)c1c(NC(=O)CN2C(=O)N[C@@](C)(c3ccc(C)cc3)C2=O)sc2c1CC[C@@H](C)C2. The van der Waals surface area contributed by atoms with Crippen LogP contribution in [0.4, 0.5) is 9.80 Å². The van der Waals surface area contributed by atoms with Crippen LogP contribution in [-0.4, -0.2) is 42.4 Å². The maximum Gasteiger partial charge on any atom is 0.341 e. The number of carbonyl (C=O) groups excluding carboxylic acids is 4. The molecule has 1 fully saturated rings. The normalized spacial score (nSPS) is 22.1. The van der Waals surface area contributed by atoms with Gasteiger partial charge in [0.05, 0.1) is 12.7 Å². The van der Waals surface area contributed by atoms with E-state index in [1.807, 2.05) is 19.1 Å². The van der Waals surface area contributed by atoms with Crippen molar-refractivity contribution in [3.63, 3.8) is 0 Å². The van der Waals surface area contributed by atoms with E-state index in [1.54, 1.807) is 19.1 Å². The standard InChI is InChI=1S/C24H27N3O5S/c1-13-5-8-15(9-6-13)24(3)22(30)27(23(31)26-24)12-18(28)25-20-19(21(29)32-4)16-10-7-14(2)11-17(16)33-20/h5-6,8-9,14H,7,10-12H2,1-4H3,(H,25,28)(H,26,31)/t14-,24+/m1/s1. The summed E-state index contributed by atoms with van der Waals surface area (Å²) in [4.78, 5) is 53.0. The summed E-state index contributed by atoms with van der Waals surface area (Å²) < 4.78 is 4.95. The van der Waals surface area contributed by atoms with E-state index in [-0.39, 0.29) is 0 Å². The van der Waals surface area contributed by atoms with Gasteiger partial charge in [0.1, 0.15) is 17.1 Å². The van der Waals surface area contributed by atoms with Crippen molar-refractivity contribution in [3.05, 3.63) is 51.4 Å². The lowest BCUT2D eigenvalue weighted by Crippen LogP contribution is -2.42. The van der Waals surface area contributed by atoms with Gasteiger partial charge in [-0.3, -0.25) is 14.5 Å². The molecule has 2 aromatic rings. The Morgan fingerprint density at radius 3 is 2.64 bits per heavy atom. The molecule has 1 aromatic heterocycles. The lowest BCUT2D eigenvalue weighted by atomic mass is 9.88. The van der Waals surface area contributed by atoms with Crippen LogP contribution >= 0.6 is 11.3 Å². The number of urea groups is 1. The number of esters is 1. The third kappa shape index (κ3) is 4.13. The highest BCUT2D eigenvalue weighted by Gasteiger charge is 2.49. The number of benzene rings is 1. The summed E-state index contributed by atoms with van der Waals surface area (Å²) in [6, 6.07) is 6.67. The van der Waals surface area contributed by atoms with Gasteiger partial charge in [0.25, 0.3) is 5.91 Å². The van der Waals surface area contributed by atoms with Crippen molar-refractivity contribution >= 4 is 40.2 Å². The molecule has 0 spiro atoms. The van der Waals surface area contributed by atoms with Crippen molar-refractivity contribution in [1.82, 2.24) is 10.2 Å². The van der Waals surface area contributed by atoms with Gasteiger partial charge in [-0.15, -0.1) is 11.3 Å². The molecule has 1 aliphatic heterocycles. The second-order valence-corrected chi connectivity index (χ2v) is 10.0. The quantitative estimate of drug-likeness (QED) is 0.516. The number of hydrogen-bond donors (Lipinski definition) is 2. The zero-order chi connectivity index (χ0) is 23.9. The number of methoxy groups -OCH3 is 1. The summed E-state index contributed by atoms with van der Waals surface area (Å²) >= 11 is 1.36. The van der Waals surface area contributed by atoms with Gasteiger partial charge in [0.2, 0.25) is 5.91 Å². The molecule has 1 aromatic carbocycles. The maximum absolute atomic E-state index is 13.1. The van der Waals surface area contributed by atoms with Gasteiger partial charge in [0.15, 0.2) is 0 Å². The van der Waals surface area contributed by atoms with Crippen molar-refractivity contribution in [1.29, 1.82) is 0 Å². The fourth-order valence-electron chi connectivity index (χ4n) is 4.39. The van der Waals surface area contributed by atoms with Crippen LogP contribution in [0.15, 0.2) is 24.3 Å². The van der Waals surface area contributed by atoms with Crippen molar-refractivity contribution < 1.29 is 23.9 Å². The first-order valence-corrected chi connectivity index (χ1v) is 11.7. The topological polar surface area (TPSA) is 105 Å². The summed E-state index contributed by atoms with van der Waals surface area (Å²) in [5.41, 5.74) is 1.72. The molecule has 4 rings (SSSR count). The number of nitrogens with zero attached hydrogens (tertiary/aromatic N) is 1. The first-order valence-electron chi connectivity index (χ1n) is 10.9. The summed E-state index contributed by atoms with van der Waals surface area (Å²) in [7, 11) is 1.31. The Bertz CT molecular complexity index is 1140. The molecule has 9 heteroatoms. The molecule has 0 unspecified atom stereocenters. The van der Waals surface area contributed by atoms with Gasteiger partial charge < -0.3 is 15.4 Å². The molecular formula is C24H27N3O5S. The molecule has 0 radical (unpaired) electrons. The number of carbonyl (C=O) groups is 4. The Kier molecular flexibility index (Phi) is 6.00. The average Bonchev–Trinajstić information content (AvgIpc) is 3.22. The van der Waals surface area contributed by atoms with E-state index in [4.69, 9.17) is 4.74 Å². The Labute approximate surface area is 196 Å². The van der Waals surface area contributed by atoms with Crippen LogP contribution in [0.3, 0.4) is 0 Å². The average molecular weight is 470 g/mol. The van der Waals surface area contributed by atoms with E-state index in [2.05, 4.69) is 17.6 Å². The zero-order valence-corrected chi connectivity index (χ0v) is 19.9. The predicted molar refractivity (Wildman–Crippen MR) is 124 cm³/mol. The maximum atomic E-state index is 13.1. The van der Waals surface area contributed by atoms with E-state index in [1.165, 1.54) is 18.4 Å². The largest absolute Gasteiger partial charge is 0.465 e. The molecule has 1 aliphatic carbocycles. The molecule has 0 bridgehead atoms. The van der Waals surface area contributed by atoms with Gasteiger partial charge in [-0.1, -0.05) is 36.8 Å². The fraction of sp³-hybridized carbons (Fsp3) is 0.417. The number of nitrogens with one attached hydrogen (secondary N) is 2. The highest BCUT2D eigenvalue weighted by atomic mass is 32.1. The van der Waals surface area contributed by atoms with E-state index in [0.717, 1.165) is 40.2 Å². The minimum atomic E-state index is -1.25. The molecule has 0 saturated carbocycles. The molecule has 174 valence electrons.